The van der Waals surface area contributed by atoms with Crippen molar-refractivity contribution >= 4 is 29.3 Å². The van der Waals surface area contributed by atoms with E-state index in [-0.39, 0.29) is 6.54 Å². The second kappa shape index (κ2) is 7.72. The van der Waals surface area contributed by atoms with Crippen molar-refractivity contribution < 1.29 is 14.7 Å². The van der Waals surface area contributed by atoms with Crippen molar-refractivity contribution in [3.63, 3.8) is 0 Å². The molecule has 0 heterocycles. The van der Waals surface area contributed by atoms with Crippen molar-refractivity contribution in [2.75, 3.05) is 39.0 Å². The van der Waals surface area contributed by atoms with Crippen LogP contribution in [0.15, 0.2) is 24.3 Å². The third-order valence-electron chi connectivity index (χ3n) is 2.53. The minimum atomic E-state index is -1.05. The summed E-state index contributed by atoms with van der Waals surface area (Å²) < 4.78 is 0. The number of hydrogen-bond acceptors (Lipinski definition) is 3. The topological polar surface area (TPSA) is 72.9 Å². The van der Waals surface area contributed by atoms with Crippen LogP contribution in [0.1, 0.15) is 0 Å². The average molecular weight is 300 g/mol. The Balaban J connectivity index is 2.66. The van der Waals surface area contributed by atoms with Crippen molar-refractivity contribution in [1.29, 1.82) is 0 Å². The molecule has 0 fully saturated rings. The van der Waals surface area contributed by atoms with Crippen molar-refractivity contribution in [1.82, 2.24) is 9.80 Å². The second-order valence-corrected chi connectivity index (χ2v) is 4.99. The Kier molecular flexibility index (Phi) is 6.27. The van der Waals surface area contributed by atoms with E-state index in [0.717, 1.165) is 0 Å². The number of halogens is 1. The molecule has 0 spiro atoms. The van der Waals surface area contributed by atoms with E-state index in [2.05, 4.69) is 5.32 Å². The molecule has 7 heteroatoms. The van der Waals surface area contributed by atoms with Crippen LogP contribution < -0.4 is 5.32 Å². The molecule has 0 aliphatic heterocycles. The number of benzene rings is 1. The molecule has 20 heavy (non-hydrogen) atoms. The quantitative estimate of drug-likeness (QED) is 0.840. The number of carbonyl (C=O) groups excluding carboxylic acids is 1. The summed E-state index contributed by atoms with van der Waals surface area (Å²) >= 11 is 5.76. The fourth-order valence-electron chi connectivity index (χ4n) is 1.47. The first kappa shape index (κ1) is 16.3. The van der Waals surface area contributed by atoms with Crippen LogP contribution in [0.3, 0.4) is 0 Å². The fraction of sp³-hybridized carbons (Fsp3) is 0.385. The number of carboxylic acid groups (broad SMARTS) is 1. The number of rotatable bonds is 6. The molecular formula is C13H18ClN3O3. The lowest BCUT2D eigenvalue weighted by Crippen LogP contribution is -2.42. The maximum Gasteiger partial charge on any atom is 0.323 e. The van der Waals surface area contributed by atoms with Gasteiger partial charge in [-0.25, -0.2) is 4.79 Å². The number of anilines is 1. The van der Waals surface area contributed by atoms with Crippen LogP contribution in [0.25, 0.3) is 0 Å². The zero-order chi connectivity index (χ0) is 15.1. The summed E-state index contributed by atoms with van der Waals surface area (Å²) in [6, 6.07) is 6.17. The molecule has 2 N–H and O–H groups in total. The van der Waals surface area contributed by atoms with E-state index < -0.39 is 12.0 Å². The highest BCUT2D eigenvalue weighted by molar-refractivity contribution is 6.30. The van der Waals surface area contributed by atoms with Gasteiger partial charge in [0.15, 0.2) is 0 Å². The van der Waals surface area contributed by atoms with Gasteiger partial charge in [0.2, 0.25) is 0 Å². The molecule has 1 aromatic rings. The van der Waals surface area contributed by atoms with Gasteiger partial charge < -0.3 is 20.2 Å². The third kappa shape index (κ3) is 5.90. The number of aliphatic carboxylic acids is 1. The van der Waals surface area contributed by atoms with E-state index in [1.54, 1.807) is 24.3 Å². The van der Waals surface area contributed by atoms with Crippen LogP contribution in [0, 0.1) is 0 Å². The van der Waals surface area contributed by atoms with Gasteiger partial charge in [-0.1, -0.05) is 11.6 Å². The second-order valence-electron chi connectivity index (χ2n) is 4.56. The normalized spacial score (nSPS) is 10.4. The first-order chi connectivity index (χ1) is 9.38. The molecule has 0 atom stereocenters. The molecule has 1 rings (SSSR count). The Morgan fingerprint density at radius 1 is 1.20 bits per heavy atom. The van der Waals surface area contributed by atoms with Gasteiger partial charge in [-0.2, -0.15) is 0 Å². The SMILES string of the molecule is CN(C)CCN(CC(=O)O)C(=O)Nc1ccc(Cl)cc1. The summed E-state index contributed by atoms with van der Waals surface area (Å²) in [5, 5.41) is 12.1. The smallest absolute Gasteiger partial charge is 0.323 e. The lowest BCUT2D eigenvalue weighted by Gasteiger charge is -2.23. The summed E-state index contributed by atoms with van der Waals surface area (Å²) in [6.45, 7) is 0.577. The first-order valence-electron chi connectivity index (χ1n) is 6.06. The number of nitrogens with zero attached hydrogens (tertiary/aromatic N) is 2. The highest BCUT2D eigenvalue weighted by Gasteiger charge is 2.16. The Bertz CT molecular complexity index is 462. The molecule has 0 radical (unpaired) electrons. The maximum absolute atomic E-state index is 12.0. The van der Waals surface area contributed by atoms with E-state index >= 15 is 0 Å². The number of likely N-dealkylation sites (N-methyl/N-ethyl adjacent to an activating group) is 1. The van der Waals surface area contributed by atoms with Gasteiger partial charge in [0.1, 0.15) is 6.54 Å². The number of hydrogen-bond donors (Lipinski definition) is 2. The molecule has 0 aliphatic rings. The summed E-state index contributed by atoms with van der Waals surface area (Å²) in [4.78, 5) is 26.0. The van der Waals surface area contributed by atoms with Crippen LogP contribution in [-0.4, -0.2) is 60.6 Å². The van der Waals surface area contributed by atoms with Crippen molar-refractivity contribution in [3.8, 4) is 0 Å². The maximum atomic E-state index is 12.0. The van der Waals surface area contributed by atoms with E-state index in [9.17, 15) is 9.59 Å². The lowest BCUT2D eigenvalue weighted by molar-refractivity contribution is -0.137. The van der Waals surface area contributed by atoms with E-state index in [1.165, 1.54) is 4.90 Å². The molecule has 0 saturated carbocycles. The first-order valence-corrected chi connectivity index (χ1v) is 6.44. The highest BCUT2D eigenvalue weighted by atomic mass is 35.5. The Morgan fingerprint density at radius 3 is 2.30 bits per heavy atom. The third-order valence-corrected chi connectivity index (χ3v) is 2.78. The van der Waals surface area contributed by atoms with Gasteiger partial charge in [0, 0.05) is 23.8 Å². The van der Waals surface area contributed by atoms with E-state index in [4.69, 9.17) is 16.7 Å². The van der Waals surface area contributed by atoms with Crippen molar-refractivity contribution in [2.24, 2.45) is 0 Å². The summed E-state index contributed by atoms with van der Waals surface area (Å²) in [6.07, 6.45) is 0. The summed E-state index contributed by atoms with van der Waals surface area (Å²) in [5.41, 5.74) is 0.569. The van der Waals surface area contributed by atoms with Crippen LogP contribution in [0.5, 0.6) is 0 Å². The minimum absolute atomic E-state index is 0.332. The fourth-order valence-corrected chi connectivity index (χ4v) is 1.60. The number of carboxylic acids is 1. The molecule has 110 valence electrons. The van der Waals surface area contributed by atoms with Gasteiger partial charge in [-0.15, -0.1) is 0 Å². The lowest BCUT2D eigenvalue weighted by atomic mass is 10.3. The van der Waals surface area contributed by atoms with Crippen LogP contribution in [0.2, 0.25) is 5.02 Å². The van der Waals surface area contributed by atoms with Crippen molar-refractivity contribution in [3.05, 3.63) is 29.3 Å². The van der Waals surface area contributed by atoms with Crippen molar-refractivity contribution in [2.45, 2.75) is 0 Å². The Labute approximate surface area is 122 Å². The zero-order valence-corrected chi connectivity index (χ0v) is 12.2. The molecular weight excluding hydrogens is 282 g/mol. The van der Waals surface area contributed by atoms with Crippen LogP contribution in [0.4, 0.5) is 10.5 Å². The average Bonchev–Trinajstić information content (AvgIpc) is 2.36. The standard InChI is InChI=1S/C13H18ClN3O3/c1-16(2)7-8-17(9-12(18)19)13(20)15-11-5-3-10(14)4-6-11/h3-6H,7-9H2,1-2H3,(H,15,20)(H,18,19). The molecule has 1 aromatic carbocycles. The number of amides is 2. The van der Waals surface area contributed by atoms with E-state index in [0.29, 0.717) is 23.8 Å². The van der Waals surface area contributed by atoms with E-state index in [1.807, 2.05) is 19.0 Å². The number of nitrogens with one attached hydrogen (secondary N) is 1. The summed E-state index contributed by atoms with van der Waals surface area (Å²) in [7, 11) is 3.71. The van der Waals surface area contributed by atoms with Gasteiger partial charge >= 0.3 is 12.0 Å². The van der Waals surface area contributed by atoms with Gasteiger partial charge in [-0.05, 0) is 38.4 Å². The minimum Gasteiger partial charge on any atom is -0.480 e. The molecule has 0 aromatic heterocycles. The summed E-state index contributed by atoms with van der Waals surface area (Å²) in [5.74, 6) is -1.05. The zero-order valence-electron chi connectivity index (χ0n) is 11.5. The van der Waals surface area contributed by atoms with Gasteiger partial charge in [0.05, 0.1) is 0 Å². The molecule has 2 amide bonds. The molecule has 0 bridgehead atoms. The van der Waals surface area contributed by atoms with Crippen LogP contribution >= 0.6 is 11.6 Å². The molecule has 0 saturated heterocycles. The highest BCUT2D eigenvalue weighted by Crippen LogP contribution is 2.13. The predicted molar refractivity (Wildman–Crippen MR) is 78.2 cm³/mol. The number of carbonyl (C=O) groups is 2. The van der Waals surface area contributed by atoms with Gasteiger partial charge in [-0.3, -0.25) is 4.79 Å². The largest absolute Gasteiger partial charge is 0.480 e. The molecule has 0 unspecified atom stereocenters. The predicted octanol–water partition coefficient (Wildman–Crippen LogP) is 1.82. The van der Waals surface area contributed by atoms with Gasteiger partial charge in [0.25, 0.3) is 0 Å². The van der Waals surface area contributed by atoms with Crippen LogP contribution in [-0.2, 0) is 4.79 Å². The monoisotopic (exact) mass is 299 g/mol. The number of urea groups is 1. The Morgan fingerprint density at radius 2 is 1.80 bits per heavy atom. The Hall–Kier alpha value is -1.79. The molecule has 6 nitrogen and oxygen atoms in total. The molecule has 0 aliphatic carbocycles.